The summed E-state index contributed by atoms with van der Waals surface area (Å²) < 4.78 is 1.67. The summed E-state index contributed by atoms with van der Waals surface area (Å²) in [7, 11) is 1.85. The van der Waals surface area contributed by atoms with Crippen LogP contribution in [0.5, 0.6) is 0 Å². The molecule has 1 saturated heterocycles. The van der Waals surface area contributed by atoms with Gasteiger partial charge in [-0.1, -0.05) is 0 Å². The summed E-state index contributed by atoms with van der Waals surface area (Å²) in [5.41, 5.74) is 1.14. The van der Waals surface area contributed by atoms with Crippen LogP contribution in [0, 0.1) is 0 Å². The van der Waals surface area contributed by atoms with Crippen molar-refractivity contribution in [3.63, 3.8) is 0 Å². The van der Waals surface area contributed by atoms with Crippen molar-refractivity contribution >= 4 is 11.7 Å². The minimum atomic E-state index is 0.115. The second-order valence-electron chi connectivity index (χ2n) is 5.17. The molecule has 0 aliphatic carbocycles. The standard InChI is InChI=1S/C15H19N5O/c1-16-14-10-12(5-7-17-14)13-4-2-9-20(13)15(21)11-19-8-3-6-18-19/h3,5-8,10,13H,2,4,9,11H2,1H3,(H,16,17)/t13-/m1/s1. The van der Waals surface area contributed by atoms with Gasteiger partial charge in [-0.2, -0.15) is 5.10 Å². The van der Waals surface area contributed by atoms with Crippen molar-refractivity contribution < 1.29 is 4.79 Å². The molecule has 0 unspecified atom stereocenters. The van der Waals surface area contributed by atoms with Crippen molar-refractivity contribution in [3.8, 4) is 0 Å². The molecule has 0 radical (unpaired) electrons. The Hall–Kier alpha value is -2.37. The van der Waals surface area contributed by atoms with Crippen molar-refractivity contribution in [2.45, 2.75) is 25.4 Å². The van der Waals surface area contributed by atoms with E-state index in [2.05, 4.69) is 15.4 Å². The first-order chi connectivity index (χ1) is 10.3. The molecule has 21 heavy (non-hydrogen) atoms. The van der Waals surface area contributed by atoms with Gasteiger partial charge in [0.15, 0.2) is 0 Å². The number of pyridine rings is 1. The van der Waals surface area contributed by atoms with Gasteiger partial charge in [-0.3, -0.25) is 9.48 Å². The number of aromatic nitrogens is 3. The molecule has 1 amide bonds. The number of hydrogen-bond donors (Lipinski definition) is 1. The SMILES string of the molecule is CNc1cc([C@H]2CCCN2C(=O)Cn2cccn2)ccn1. The summed E-state index contributed by atoms with van der Waals surface area (Å²) in [5, 5.41) is 7.14. The molecule has 2 aromatic rings. The van der Waals surface area contributed by atoms with Crippen molar-refractivity contribution in [1.29, 1.82) is 0 Å². The Balaban J connectivity index is 1.76. The average Bonchev–Trinajstić information content (AvgIpc) is 3.18. The zero-order chi connectivity index (χ0) is 14.7. The second kappa shape index (κ2) is 5.95. The molecule has 1 aliphatic rings. The summed E-state index contributed by atoms with van der Waals surface area (Å²) in [5.74, 6) is 0.947. The molecule has 6 heteroatoms. The molecule has 3 rings (SSSR count). The largest absolute Gasteiger partial charge is 0.373 e. The van der Waals surface area contributed by atoms with E-state index in [0.29, 0.717) is 6.54 Å². The van der Waals surface area contributed by atoms with Crippen LogP contribution in [0.1, 0.15) is 24.4 Å². The zero-order valence-electron chi connectivity index (χ0n) is 12.1. The van der Waals surface area contributed by atoms with E-state index < -0.39 is 0 Å². The van der Waals surface area contributed by atoms with Gasteiger partial charge >= 0.3 is 0 Å². The fraction of sp³-hybridized carbons (Fsp3) is 0.400. The molecule has 1 N–H and O–H groups in total. The molecule has 0 aromatic carbocycles. The van der Waals surface area contributed by atoms with Gasteiger partial charge in [-0.05, 0) is 36.6 Å². The molecule has 0 bridgehead atoms. The highest BCUT2D eigenvalue weighted by Gasteiger charge is 2.30. The monoisotopic (exact) mass is 285 g/mol. The van der Waals surface area contributed by atoms with Crippen LogP contribution in [-0.4, -0.2) is 39.2 Å². The molecular formula is C15H19N5O. The maximum atomic E-state index is 12.5. The van der Waals surface area contributed by atoms with E-state index in [4.69, 9.17) is 0 Å². The van der Waals surface area contributed by atoms with Crippen LogP contribution in [0.15, 0.2) is 36.8 Å². The normalized spacial score (nSPS) is 18.0. The highest BCUT2D eigenvalue weighted by Crippen LogP contribution is 2.32. The topological polar surface area (TPSA) is 63.1 Å². The minimum absolute atomic E-state index is 0.115. The van der Waals surface area contributed by atoms with Crippen LogP contribution in [0.25, 0.3) is 0 Å². The molecule has 3 heterocycles. The van der Waals surface area contributed by atoms with E-state index in [1.807, 2.05) is 36.3 Å². The van der Waals surface area contributed by atoms with Crippen molar-refractivity contribution in [3.05, 3.63) is 42.4 Å². The molecule has 2 aromatic heterocycles. The van der Waals surface area contributed by atoms with E-state index in [1.165, 1.54) is 0 Å². The number of nitrogens with one attached hydrogen (secondary N) is 1. The van der Waals surface area contributed by atoms with Gasteiger partial charge in [0, 0.05) is 32.2 Å². The van der Waals surface area contributed by atoms with Crippen LogP contribution in [0.3, 0.4) is 0 Å². The highest BCUT2D eigenvalue weighted by molar-refractivity contribution is 5.76. The van der Waals surface area contributed by atoms with E-state index >= 15 is 0 Å². The number of likely N-dealkylation sites (tertiary alicyclic amines) is 1. The summed E-state index contributed by atoms with van der Waals surface area (Å²) in [6, 6.07) is 5.98. The molecule has 1 atom stereocenters. The van der Waals surface area contributed by atoms with Crippen molar-refractivity contribution in [2.75, 3.05) is 18.9 Å². The van der Waals surface area contributed by atoms with Crippen LogP contribution in [-0.2, 0) is 11.3 Å². The Kier molecular flexibility index (Phi) is 3.85. The Bertz CT molecular complexity index is 610. The van der Waals surface area contributed by atoms with E-state index in [1.54, 1.807) is 17.1 Å². The third-order valence-corrected chi connectivity index (χ3v) is 3.85. The number of hydrogen-bond acceptors (Lipinski definition) is 4. The number of amides is 1. The lowest BCUT2D eigenvalue weighted by atomic mass is 10.1. The Labute approximate surface area is 123 Å². The molecule has 0 saturated carbocycles. The Morgan fingerprint density at radius 1 is 1.48 bits per heavy atom. The Morgan fingerprint density at radius 2 is 2.38 bits per heavy atom. The molecule has 6 nitrogen and oxygen atoms in total. The quantitative estimate of drug-likeness (QED) is 0.928. The summed E-state index contributed by atoms with van der Waals surface area (Å²) >= 11 is 0. The minimum Gasteiger partial charge on any atom is -0.373 e. The second-order valence-corrected chi connectivity index (χ2v) is 5.17. The number of rotatable bonds is 4. The summed E-state index contributed by atoms with van der Waals surface area (Å²) in [6.07, 6.45) is 7.33. The fourth-order valence-corrected chi connectivity index (χ4v) is 2.83. The highest BCUT2D eigenvalue weighted by atomic mass is 16.2. The van der Waals surface area contributed by atoms with Crippen LogP contribution in [0.2, 0.25) is 0 Å². The lowest BCUT2D eigenvalue weighted by Crippen LogP contribution is -2.33. The van der Waals surface area contributed by atoms with Crippen LogP contribution in [0.4, 0.5) is 5.82 Å². The van der Waals surface area contributed by atoms with Crippen molar-refractivity contribution in [2.24, 2.45) is 0 Å². The smallest absolute Gasteiger partial charge is 0.244 e. The predicted octanol–water partition coefficient (Wildman–Crippen LogP) is 1.68. The first-order valence-electron chi connectivity index (χ1n) is 7.18. The van der Waals surface area contributed by atoms with Gasteiger partial charge in [0.05, 0.1) is 6.04 Å². The molecule has 1 aliphatic heterocycles. The third kappa shape index (κ3) is 2.89. The van der Waals surface area contributed by atoms with Crippen molar-refractivity contribution in [1.82, 2.24) is 19.7 Å². The molecule has 1 fully saturated rings. The van der Waals surface area contributed by atoms with Gasteiger partial charge < -0.3 is 10.2 Å². The van der Waals surface area contributed by atoms with E-state index in [9.17, 15) is 4.79 Å². The fourth-order valence-electron chi connectivity index (χ4n) is 2.83. The summed E-state index contributed by atoms with van der Waals surface area (Å²) in [4.78, 5) is 18.7. The number of carbonyl (C=O) groups excluding carboxylic acids is 1. The maximum Gasteiger partial charge on any atom is 0.244 e. The van der Waals surface area contributed by atoms with Gasteiger partial charge in [0.1, 0.15) is 12.4 Å². The Morgan fingerprint density at radius 3 is 3.14 bits per heavy atom. The first kappa shape index (κ1) is 13.6. The third-order valence-electron chi connectivity index (χ3n) is 3.85. The molecule has 0 spiro atoms. The number of nitrogens with zero attached hydrogens (tertiary/aromatic N) is 4. The van der Waals surface area contributed by atoms with Gasteiger partial charge in [0.25, 0.3) is 0 Å². The lowest BCUT2D eigenvalue weighted by molar-refractivity contribution is -0.133. The number of carbonyl (C=O) groups is 1. The maximum absolute atomic E-state index is 12.5. The zero-order valence-corrected chi connectivity index (χ0v) is 12.1. The number of anilines is 1. The van der Waals surface area contributed by atoms with E-state index in [0.717, 1.165) is 30.8 Å². The van der Waals surface area contributed by atoms with Crippen LogP contribution >= 0.6 is 0 Å². The van der Waals surface area contributed by atoms with Gasteiger partial charge in [0.2, 0.25) is 5.91 Å². The van der Waals surface area contributed by atoms with Crippen LogP contribution < -0.4 is 5.32 Å². The van der Waals surface area contributed by atoms with Gasteiger partial charge in [-0.25, -0.2) is 4.98 Å². The predicted molar refractivity (Wildman–Crippen MR) is 79.7 cm³/mol. The van der Waals surface area contributed by atoms with Gasteiger partial charge in [-0.15, -0.1) is 0 Å². The lowest BCUT2D eigenvalue weighted by Gasteiger charge is -2.25. The molecular weight excluding hydrogens is 266 g/mol. The van der Waals surface area contributed by atoms with E-state index in [-0.39, 0.29) is 11.9 Å². The average molecular weight is 285 g/mol. The summed E-state index contributed by atoms with van der Waals surface area (Å²) in [6.45, 7) is 1.11. The molecule has 110 valence electrons. The first-order valence-corrected chi connectivity index (χ1v) is 7.18.